The molecule has 148 valence electrons. The number of hydrogen-bond acceptors (Lipinski definition) is 3. The van der Waals surface area contributed by atoms with Gasteiger partial charge < -0.3 is 10.6 Å². The Kier molecular flexibility index (Phi) is 5.12. The highest BCUT2D eigenvalue weighted by Gasteiger charge is 2.52. The lowest BCUT2D eigenvalue weighted by Crippen LogP contribution is -2.45. The molecule has 0 aromatic heterocycles. The number of carbonyl (C=O) groups is 3. The molecule has 6 nitrogen and oxygen atoms in total. The minimum Gasteiger partial charge on any atom is -0.345 e. The minimum absolute atomic E-state index is 0.263. The molecule has 4 amide bonds. The summed E-state index contributed by atoms with van der Waals surface area (Å²) in [4.78, 5) is 36.3. The lowest BCUT2D eigenvalue weighted by Gasteiger charge is -2.25. The van der Waals surface area contributed by atoms with E-state index in [1.165, 1.54) is 11.4 Å². The Labute approximate surface area is 148 Å². The fourth-order valence-electron chi connectivity index (χ4n) is 2.59. The van der Waals surface area contributed by atoms with E-state index in [1.54, 1.807) is 0 Å². The summed E-state index contributed by atoms with van der Waals surface area (Å²) in [7, 11) is 0. The first-order valence-corrected chi connectivity index (χ1v) is 7.40. The molecule has 0 saturated carbocycles. The Morgan fingerprint density at radius 3 is 2.30 bits per heavy atom. The standard InChI is InChI=1S/C15H13F6N3O3/c1-13(8-4-2-3-5-9(8)15(19,20)21)11(26)24(12(27)23-13)6-10(25)22-7-14(16,17)18/h2-5H,6-7H2,1H3,(H,22,25)(H,23,27). The van der Waals surface area contributed by atoms with Crippen molar-refractivity contribution in [1.29, 1.82) is 0 Å². The van der Waals surface area contributed by atoms with Crippen LogP contribution in [0.2, 0.25) is 0 Å². The molecule has 1 aliphatic rings. The number of nitrogens with one attached hydrogen (secondary N) is 2. The molecule has 12 heteroatoms. The molecule has 2 N–H and O–H groups in total. The number of imide groups is 1. The molecule has 0 bridgehead atoms. The summed E-state index contributed by atoms with van der Waals surface area (Å²) in [5.41, 5.74) is -3.84. The molecule has 0 aliphatic carbocycles. The molecule has 1 aromatic rings. The van der Waals surface area contributed by atoms with Crippen LogP contribution < -0.4 is 10.6 Å². The summed E-state index contributed by atoms with van der Waals surface area (Å²) in [6, 6.07) is 2.85. The molecule has 1 heterocycles. The summed E-state index contributed by atoms with van der Waals surface area (Å²) in [6.45, 7) is -1.72. The normalized spacial score (nSPS) is 20.6. The Bertz CT molecular complexity index is 777. The van der Waals surface area contributed by atoms with Gasteiger partial charge in [0.1, 0.15) is 18.6 Å². The van der Waals surface area contributed by atoms with E-state index in [-0.39, 0.29) is 4.90 Å². The third-order valence-electron chi connectivity index (χ3n) is 3.83. The molecule has 1 atom stereocenters. The molecular weight excluding hydrogens is 384 g/mol. The van der Waals surface area contributed by atoms with Crippen LogP contribution in [0.3, 0.4) is 0 Å². The SMILES string of the molecule is CC1(c2ccccc2C(F)(F)F)NC(=O)N(CC(=O)NCC(F)(F)F)C1=O. The van der Waals surface area contributed by atoms with E-state index in [4.69, 9.17) is 0 Å². The fourth-order valence-corrected chi connectivity index (χ4v) is 2.59. The predicted molar refractivity (Wildman–Crippen MR) is 78.1 cm³/mol. The van der Waals surface area contributed by atoms with Crippen molar-refractivity contribution in [2.45, 2.75) is 24.8 Å². The van der Waals surface area contributed by atoms with E-state index in [2.05, 4.69) is 5.32 Å². The van der Waals surface area contributed by atoms with Gasteiger partial charge in [0.15, 0.2) is 0 Å². The lowest BCUT2D eigenvalue weighted by atomic mass is 9.87. The molecule has 2 rings (SSSR count). The Hall–Kier alpha value is -2.79. The average molecular weight is 397 g/mol. The van der Waals surface area contributed by atoms with Crippen molar-refractivity contribution < 1.29 is 40.7 Å². The van der Waals surface area contributed by atoms with Crippen LogP contribution in [-0.2, 0) is 21.3 Å². The van der Waals surface area contributed by atoms with Crippen LogP contribution in [0.5, 0.6) is 0 Å². The number of alkyl halides is 6. The summed E-state index contributed by atoms with van der Waals surface area (Å²) in [6.07, 6.45) is -9.52. The van der Waals surface area contributed by atoms with Crippen LogP contribution >= 0.6 is 0 Å². The van der Waals surface area contributed by atoms with Crippen LogP contribution in [0.4, 0.5) is 31.1 Å². The highest BCUT2D eigenvalue weighted by molar-refractivity contribution is 6.09. The zero-order valence-electron chi connectivity index (χ0n) is 13.7. The number of carbonyl (C=O) groups excluding carboxylic acids is 3. The van der Waals surface area contributed by atoms with E-state index >= 15 is 0 Å². The number of halogens is 6. The van der Waals surface area contributed by atoms with Gasteiger partial charge in [0.25, 0.3) is 5.91 Å². The van der Waals surface area contributed by atoms with Crippen LogP contribution in [0.15, 0.2) is 24.3 Å². The monoisotopic (exact) mass is 397 g/mol. The first-order valence-electron chi connectivity index (χ1n) is 7.40. The number of amides is 4. The van der Waals surface area contributed by atoms with Crippen molar-refractivity contribution in [2.24, 2.45) is 0 Å². The van der Waals surface area contributed by atoms with Gasteiger partial charge in [-0.25, -0.2) is 4.79 Å². The molecule has 1 unspecified atom stereocenters. The van der Waals surface area contributed by atoms with Crippen molar-refractivity contribution >= 4 is 17.8 Å². The smallest absolute Gasteiger partial charge is 0.345 e. The summed E-state index contributed by atoms with van der Waals surface area (Å²) >= 11 is 0. The van der Waals surface area contributed by atoms with Gasteiger partial charge in [0.2, 0.25) is 5.91 Å². The van der Waals surface area contributed by atoms with Crippen molar-refractivity contribution in [2.75, 3.05) is 13.1 Å². The van der Waals surface area contributed by atoms with E-state index < -0.39 is 60.0 Å². The number of urea groups is 1. The first-order chi connectivity index (χ1) is 12.3. The van der Waals surface area contributed by atoms with Crippen LogP contribution in [-0.4, -0.2) is 42.0 Å². The molecule has 1 aromatic carbocycles. The molecule has 1 aliphatic heterocycles. The van der Waals surface area contributed by atoms with Gasteiger partial charge in [-0.3, -0.25) is 14.5 Å². The van der Waals surface area contributed by atoms with Gasteiger partial charge in [0.05, 0.1) is 5.56 Å². The number of benzene rings is 1. The number of nitrogens with zero attached hydrogens (tertiary/aromatic N) is 1. The lowest BCUT2D eigenvalue weighted by molar-refractivity contribution is -0.142. The summed E-state index contributed by atoms with van der Waals surface area (Å²) < 4.78 is 75.9. The Balaban J connectivity index is 2.26. The van der Waals surface area contributed by atoms with E-state index in [0.717, 1.165) is 25.1 Å². The Morgan fingerprint density at radius 2 is 1.74 bits per heavy atom. The zero-order valence-corrected chi connectivity index (χ0v) is 13.7. The molecule has 1 fully saturated rings. The Morgan fingerprint density at radius 1 is 1.15 bits per heavy atom. The maximum Gasteiger partial charge on any atom is 0.416 e. The predicted octanol–water partition coefficient (Wildman–Crippen LogP) is 2.15. The maximum atomic E-state index is 13.2. The molecule has 1 saturated heterocycles. The molecule has 0 radical (unpaired) electrons. The topological polar surface area (TPSA) is 78.5 Å². The van der Waals surface area contributed by atoms with Crippen molar-refractivity contribution in [3.63, 3.8) is 0 Å². The van der Waals surface area contributed by atoms with Crippen molar-refractivity contribution in [3.8, 4) is 0 Å². The molecule has 0 spiro atoms. The average Bonchev–Trinajstić information content (AvgIpc) is 2.76. The second-order valence-corrected chi connectivity index (χ2v) is 5.88. The van der Waals surface area contributed by atoms with Gasteiger partial charge >= 0.3 is 18.4 Å². The summed E-state index contributed by atoms with van der Waals surface area (Å²) in [5, 5.41) is 3.55. The molecular formula is C15H13F6N3O3. The number of rotatable bonds is 4. The quantitative estimate of drug-likeness (QED) is 0.604. The largest absolute Gasteiger partial charge is 0.416 e. The van der Waals surface area contributed by atoms with Crippen molar-refractivity contribution in [3.05, 3.63) is 35.4 Å². The van der Waals surface area contributed by atoms with Gasteiger partial charge in [-0.05, 0) is 18.6 Å². The van der Waals surface area contributed by atoms with Crippen molar-refractivity contribution in [1.82, 2.24) is 15.5 Å². The van der Waals surface area contributed by atoms with Gasteiger partial charge in [-0.1, -0.05) is 18.2 Å². The van der Waals surface area contributed by atoms with Gasteiger partial charge in [-0.15, -0.1) is 0 Å². The fraction of sp³-hybridized carbons (Fsp3) is 0.400. The van der Waals surface area contributed by atoms with E-state index in [1.807, 2.05) is 0 Å². The van der Waals surface area contributed by atoms with E-state index in [0.29, 0.717) is 0 Å². The maximum absolute atomic E-state index is 13.2. The van der Waals surface area contributed by atoms with Gasteiger partial charge in [-0.2, -0.15) is 26.3 Å². The number of hydrogen-bond donors (Lipinski definition) is 2. The van der Waals surface area contributed by atoms with Crippen LogP contribution in [0.1, 0.15) is 18.1 Å². The third kappa shape index (κ3) is 4.31. The highest BCUT2D eigenvalue weighted by Crippen LogP contribution is 2.39. The third-order valence-corrected chi connectivity index (χ3v) is 3.83. The second-order valence-electron chi connectivity index (χ2n) is 5.88. The molecule has 27 heavy (non-hydrogen) atoms. The second kappa shape index (κ2) is 6.74. The van der Waals surface area contributed by atoms with E-state index in [9.17, 15) is 40.7 Å². The summed E-state index contributed by atoms with van der Waals surface area (Å²) in [5.74, 6) is -2.48. The highest BCUT2D eigenvalue weighted by atomic mass is 19.4. The zero-order chi connectivity index (χ0) is 20.6. The first kappa shape index (κ1) is 20.5. The minimum atomic E-state index is -4.82. The van der Waals surface area contributed by atoms with Gasteiger partial charge in [0, 0.05) is 0 Å². The van der Waals surface area contributed by atoms with Crippen LogP contribution in [0, 0.1) is 0 Å². The van der Waals surface area contributed by atoms with Crippen LogP contribution in [0.25, 0.3) is 0 Å².